The van der Waals surface area contributed by atoms with Crippen molar-refractivity contribution in [1.82, 2.24) is 4.72 Å². The normalized spacial score (nSPS) is 23.3. The zero-order chi connectivity index (χ0) is 12.0. The Labute approximate surface area is 89.5 Å². The number of halogens is 3. The van der Waals surface area contributed by atoms with Crippen LogP contribution in [0.1, 0.15) is 0 Å². The summed E-state index contributed by atoms with van der Waals surface area (Å²) < 4.78 is 61.7. The van der Waals surface area contributed by atoms with Crippen LogP contribution in [0.5, 0.6) is 0 Å². The maximum Gasteiger partial charge on any atom is 0.423 e. The van der Waals surface area contributed by atoms with E-state index >= 15 is 0 Å². The predicted molar refractivity (Wildman–Crippen MR) is 50.2 cm³/mol. The van der Waals surface area contributed by atoms with Crippen molar-refractivity contribution in [2.24, 2.45) is 0 Å². The Morgan fingerprint density at radius 1 is 1.19 bits per heavy atom. The molecular formula is C8H7F3N2O2S. The van der Waals surface area contributed by atoms with Crippen molar-refractivity contribution >= 4 is 15.7 Å². The smallest absolute Gasteiger partial charge is 0.360 e. The fourth-order valence-corrected chi connectivity index (χ4v) is 2.68. The van der Waals surface area contributed by atoms with E-state index < -0.39 is 22.4 Å². The second-order valence-electron chi connectivity index (χ2n) is 3.24. The summed E-state index contributed by atoms with van der Waals surface area (Å²) in [5.41, 5.74) is -0.0522. The number of sulfonamides is 1. The molecule has 8 heteroatoms. The molecule has 0 bridgehead atoms. The van der Waals surface area contributed by atoms with Crippen LogP contribution in [0.2, 0.25) is 0 Å². The molecule has 0 saturated carbocycles. The number of nitrogens with one attached hydrogen (secondary N) is 2. The quantitative estimate of drug-likeness (QED) is 0.731. The minimum absolute atomic E-state index is 0.0522. The molecule has 0 saturated heterocycles. The first-order valence-electron chi connectivity index (χ1n) is 4.25. The molecule has 0 fully saturated rings. The fourth-order valence-electron chi connectivity index (χ4n) is 1.37. The van der Waals surface area contributed by atoms with Crippen LogP contribution in [0.15, 0.2) is 29.2 Å². The summed E-state index contributed by atoms with van der Waals surface area (Å²) in [6.45, 7) is 0. The van der Waals surface area contributed by atoms with E-state index in [4.69, 9.17) is 0 Å². The summed E-state index contributed by atoms with van der Waals surface area (Å²) in [7, 11) is -4.11. The van der Waals surface area contributed by atoms with Crippen LogP contribution in [0.3, 0.4) is 0 Å². The lowest BCUT2D eigenvalue weighted by Crippen LogP contribution is -2.53. The van der Waals surface area contributed by atoms with E-state index in [2.05, 4.69) is 5.32 Å². The van der Waals surface area contributed by atoms with Gasteiger partial charge in [0.05, 0.1) is 5.69 Å². The van der Waals surface area contributed by atoms with Crippen molar-refractivity contribution in [2.75, 3.05) is 5.32 Å². The maximum atomic E-state index is 12.4. The number of alkyl halides is 3. The van der Waals surface area contributed by atoms with E-state index in [1.807, 2.05) is 0 Å². The lowest BCUT2D eigenvalue weighted by molar-refractivity contribution is -0.145. The molecule has 2 rings (SSSR count). The highest BCUT2D eigenvalue weighted by atomic mass is 32.2. The maximum absolute atomic E-state index is 12.4. The van der Waals surface area contributed by atoms with Gasteiger partial charge in [0, 0.05) is 0 Å². The summed E-state index contributed by atoms with van der Waals surface area (Å²) in [6.07, 6.45) is -6.96. The highest BCUT2D eigenvalue weighted by Gasteiger charge is 2.45. The molecule has 16 heavy (non-hydrogen) atoms. The molecule has 1 aliphatic heterocycles. The Balaban J connectivity index is 2.50. The Kier molecular flexibility index (Phi) is 2.35. The largest absolute Gasteiger partial charge is 0.423 e. The van der Waals surface area contributed by atoms with Crippen LogP contribution in [-0.4, -0.2) is 20.8 Å². The van der Waals surface area contributed by atoms with Crippen LogP contribution in [0.4, 0.5) is 18.9 Å². The van der Waals surface area contributed by atoms with Crippen molar-refractivity contribution in [1.29, 1.82) is 0 Å². The van der Waals surface area contributed by atoms with Gasteiger partial charge < -0.3 is 5.32 Å². The van der Waals surface area contributed by atoms with Gasteiger partial charge >= 0.3 is 6.18 Å². The first kappa shape index (κ1) is 11.2. The van der Waals surface area contributed by atoms with Crippen LogP contribution in [0.25, 0.3) is 0 Å². The summed E-state index contributed by atoms with van der Waals surface area (Å²) in [4.78, 5) is -0.185. The van der Waals surface area contributed by atoms with E-state index in [0.29, 0.717) is 0 Å². The van der Waals surface area contributed by atoms with Gasteiger partial charge in [-0.25, -0.2) is 8.42 Å². The molecule has 1 aromatic rings. The van der Waals surface area contributed by atoms with Crippen LogP contribution in [-0.2, 0) is 10.0 Å². The van der Waals surface area contributed by atoms with Gasteiger partial charge in [0.15, 0.2) is 6.17 Å². The summed E-state index contributed by atoms with van der Waals surface area (Å²) in [5.74, 6) is 0. The second-order valence-corrected chi connectivity index (χ2v) is 4.92. The van der Waals surface area contributed by atoms with Gasteiger partial charge in [-0.2, -0.15) is 17.9 Å². The predicted octanol–water partition coefficient (Wildman–Crippen LogP) is 1.28. The number of benzene rings is 1. The van der Waals surface area contributed by atoms with E-state index in [1.165, 1.54) is 29.0 Å². The third-order valence-electron chi connectivity index (χ3n) is 2.08. The third-order valence-corrected chi connectivity index (χ3v) is 3.56. The first-order chi connectivity index (χ1) is 7.31. The molecule has 1 aromatic carbocycles. The van der Waals surface area contributed by atoms with Gasteiger partial charge in [-0.15, -0.1) is 0 Å². The van der Waals surface area contributed by atoms with Gasteiger partial charge in [0.2, 0.25) is 10.0 Å². The number of fused-ring (bicyclic) bond motifs is 1. The van der Waals surface area contributed by atoms with Crippen LogP contribution in [0, 0.1) is 0 Å². The molecule has 1 unspecified atom stereocenters. The molecule has 0 spiro atoms. The zero-order valence-corrected chi connectivity index (χ0v) is 8.56. The third kappa shape index (κ3) is 1.85. The fraction of sp³-hybridized carbons (Fsp3) is 0.250. The van der Waals surface area contributed by atoms with Crippen molar-refractivity contribution < 1.29 is 21.6 Å². The average molecular weight is 252 g/mol. The highest BCUT2D eigenvalue weighted by Crippen LogP contribution is 2.31. The van der Waals surface area contributed by atoms with Gasteiger partial charge in [-0.3, -0.25) is 0 Å². The standard InChI is InChI=1S/C8H7F3N2O2S/c9-8(10,11)7-12-5-3-1-2-4-6(5)16(14,15)13-7/h1-4,7,12-13H. The van der Waals surface area contributed by atoms with E-state index in [0.717, 1.165) is 0 Å². The Morgan fingerprint density at radius 2 is 1.81 bits per heavy atom. The van der Waals surface area contributed by atoms with Gasteiger partial charge in [0.1, 0.15) is 4.90 Å². The molecular weight excluding hydrogens is 245 g/mol. The topological polar surface area (TPSA) is 58.2 Å². The van der Waals surface area contributed by atoms with E-state index in [9.17, 15) is 21.6 Å². The molecule has 0 aromatic heterocycles. The number of anilines is 1. The Bertz CT molecular complexity index is 512. The molecule has 0 amide bonds. The molecule has 0 radical (unpaired) electrons. The van der Waals surface area contributed by atoms with Crippen molar-refractivity contribution in [3.05, 3.63) is 24.3 Å². The minimum atomic E-state index is -4.68. The van der Waals surface area contributed by atoms with E-state index in [-0.39, 0.29) is 10.6 Å². The minimum Gasteiger partial charge on any atom is -0.360 e. The second kappa shape index (κ2) is 3.36. The summed E-state index contributed by atoms with van der Waals surface area (Å²) >= 11 is 0. The van der Waals surface area contributed by atoms with E-state index in [1.54, 1.807) is 0 Å². The Morgan fingerprint density at radius 3 is 2.44 bits per heavy atom. The van der Waals surface area contributed by atoms with Crippen LogP contribution >= 0.6 is 0 Å². The van der Waals surface area contributed by atoms with Gasteiger partial charge in [-0.05, 0) is 12.1 Å². The van der Waals surface area contributed by atoms with Crippen molar-refractivity contribution in [3.8, 4) is 0 Å². The molecule has 1 atom stereocenters. The van der Waals surface area contributed by atoms with Crippen LogP contribution < -0.4 is 10.0 Å². The SMILES string of the molecule is O=S1(=O)NC(C(F)(F)F)Nc2ccccc21. The van der Waals surface area contributed by atoms with Gasteiger partial charge in [0.25, 0.3) is 0 Å². The molecule has 1 aliphatic rings. The first-order valence-corrected chi connectivity index (χ1v) is 5.74. The number of para-hydroxylation sites is 1. The van der Waals surface area contributed by atoms with Crippen molar-refractivity contribution in [3.63, 3.8) is 0 Å². The lowest BCUT2D eigenvalue weighted by atomic mass is 10.3. The number of hydrogen-bond donors (Lipinski definition) is 2. The number of rotatable bonds is 0. The zero-order valence-electron chi connectivity index (χ0n) is 7.75. The van der Waals surface area contributed by atoms with Gasteiger partial charge in [-0.1, -0.05) is 12.1 Å². The lowest BCUT2D eigenvalue weighted by Gasteiger charge is -2.29. The molecule has 88 valence electrons. The highest BCUT2D eigenvalue weighted by molar-refractivity contribution is 7.89. The Hall–Kier alpha value is -1.28. The summed E-state index contributed by atoms with van der Waals surface area (Å²) in [5, 5.41) is 2.08. The molecule has 2 N–H and O–H groups in total. The number of hydrogen-bond acceptors (Lipinski definition) is 3. The molecule has 1 heterocycles. The van der Waals surface area contributed by atoms with Crippen molar-refractivity contribution in [2.45, 2.75) is 17.2 Å². The molecule has 4 nitrogen and oxygen atoms in total. The molecule has 0 aliphatic carbocycles. The summed E-state index contributed by atoms with van der Waals surface area (Å²) in [6, 6.07) is 5.41. The monoisotopic (exact) mass is 252 g/mol. The average Bonchev–Trinajstić information content (AvgIpc) is 2.15.